The van der Waals surface area contributed by atoms with Crippen LogP contribution in [0.1, 0.15) is 12.5 Å². The van der Waals surface area contributed by atoms with Gasteiger partial charge in [-0.3, -0.25) is 14.9 Å². The number of nitrogens with zero attached hydrogens (tertiary/aromatic N) is 1. The van der Waals surface area contributed by atoms with E-state index < -0.39 is 34.5 Å². The fourth-order valence-electron chi connectivity index (χ4n) is 2.57. The van der Waals surface area contributed by atoms with Gasteiger partial charge in [-0.15, -0.1) is 11.3 Å². The lowest BCUT2D eigenvalue weighted by Gasteiger charge is -2.13. The number of amides is 1. The van der Waals surface area contributed by atoms with Crippen molar-refractivity contribution in [1.29, 1.82) is 0 Å². The topological polar surface area (TPSA) is 114 Å². The van der Waals surface area contributed by atoms with E-state index in [0.29, 0.717) is 11.3 Å². The summed E-state index contributed by atoms with van der Waals surface area (Å²) in [5.41, 5.74) is 2.14. The molecule has 32 heavy (non-hydrogen) atoms. The highest BCUT2D eigenvalue weighted by molar-refractivity contribution is 7.89. The van der Waals surface area contributed by atoms with Crippen LogP contribution in [-0.2, 0) is 24.3 Å². The van der Waals surface area contributed by atoms with Crippen LogP contribution in [0.5, 0.6) is 0 Å². The molecule has 2 aromatic carbocycles. The molecule has 1 atom stereocenters. The molecular weight excluding hydrogens is 457 g/mol. The van der Waals surface area contributed by atoms with Crippen LogP contribution in [0.15, 0.2) is 58.8 Å². The summed E-state index contributed by atoms with van der Waals surface area (Å²) in [6, 6.07) is 10.7. The number of aromatic nitrogens is 1. The van der Waals surface area contributed by atoms with Gasteiger partial charge >= 0.3 is 5.97 Å². The van der Waals surface area contributed by atoms with Crippen molar-refractivity contribution in [2.75, 3.05) is 11.9 Å². The van der Waals surface area contributed by atoms with Gasteiger partial charge in [0.15, 0.2) is 11.7 Å². The predicted octanol–water partition coefficient (Wildman–Crippen LogP) is 3.11. The maximum Gasteiger partial charge on any atom is 0.324 e. The van der Waals surface area contributed by atoms with Gasteiger partial charge in [-0.1, -0.05) is 17.7 Å². The molecule has 168 valence electrons. The molecule has 1 amide bonds. The van der Waals surface area contributed by atoms with Gasteiger partial charge in [0, 0.05) is 10.9 Å². The second-order valence-electron chi connectivity index (χ2n) is 6.86. The molecule has 8 nitrogen and oxygen atoms in total. The summed E-state index contributed by atoms with van der Waals surface area (Å²) in [6.07, 6.45) is 0. The van der Waals surface area contributed by atoms with Crippen LogP contribution >= 0.6 is 11.3 Å². The maximum atomic E-state index is 13.0. The normalized spacial score (nSPS) is 12.2. The van der Waals surface area contributed by atoms with Gasteiger partial charge in [-0.25, -0.2) is 17.8 Å². The zero-order chi connectivity index (χ0) is 23.3. The minimum atomic E-state index is -3.92. The van der Waals surface area contributed by atoms with Crippen LogP contribution in [0.3, 0.4) is 0 Å². The molecule has 11 heteroatoms. The number of carbonyl (C=O) groups is 2. The van der Waals surface area contributed by atoms with Gasteiger partial charge in [-0.2, -0.15) is 4.72 Å². The molecule has 0 aliphatic carbocycles. The van der Waals surface area contributed by atoms with Crippen molar-refractivity contribution in [3.05, 3.63) is 65.3 Å². The van der Waals surface area contributed by atoms with Crippen molar-refractivity contribution >= 4 is 38.4 Å². The number of carbonyl (C=O) groups excluding carboxylic acids is 2. The summed E-state index contributed by atoms with van der Waals surface area (Å²) in [5.74, 6) is -1.90. The molecule has 0 unspecified atom stereocenters. The largest absolute Gasteiger partial charge is 0.454 e. The van der Waals surface area contributed by atoms with E-state index in [9.17, 15) is 22.4 Å². The van der Waals surface area contributed by atoms with Crippen LogP contribution in [0.4, 0.5) is 9.52 Å². The van der Waals surface area contributed by atoms with Crippen molar-refractivity contribution in [3.8, 4) is 11.3 Å². The summed E-state index contributed by atoms with van der Waals surface area (Å²) < 4.78 is 44.8. The molecule has 3 aromatic rings. The molecule has 0 radical (unpaired) electrons. The van der Waals surface area contributed by atoms with Gasteiger partial charge in [0.25, 0.3) is 5.91 Å². The lowest BCUT2D eigenvalue weighted by atomic mass is 10.2. The number of benzene rings is 2. The molecule has 1 aromatic heterocycles. The summed E-state index contributed by atoms with van der Waals surface area (Å²) in [7, 11) is -3.92. The molecule has 0 saturated heterocycles. The highest BCUT2D eigenvalue weighted by Crippen LogP contribution is 2.25. The van der Waals surface area contributed by atoms with Gasteiger partial charge in [0.1, 0.15) is 11.9 Å². The Morgan fingerprint density at radius 3 is 2.44 bits per heavy atom. The van der Waals surface area contributed by atoms with E-state index in [4.69, 9.17) is 4.74 Å². The Hall–Kier alpha value is -3.15. The van der Waals surface area contributed by atoms with Gasteiger partial charge in [0.2, 0.25) is 10.0 Å². The number of anilines is 1. The predicted molar refractivity (Wildman–Crippen MR) is 118 cm³/mol. The van der Waals surface area contributed by atoms with E-state index in [1.54, 1.807) is 29.6 Å². The maximum absolute atomic E-state index is 13.0. The highest BCUT2D eigenvalue weighted by atomic mass is 32.2. The van der Waals surface area contributed by atoms with Crippen molar-refractivity contribution in [2.45, 2.75) is 24.8 Å². The fourth-order valence-corrected chi connectivity index (χ4v) is 4.50. The van der Waals surface area contributed by atoms with Crippen LogP contribution in [0.2, 0.25) is 0 Å². The van der Waals surface area contributed by atoms with E-state index in [2.05, 4.69) is 15.0 Å². The van der Waals surface area contributed by atoms with Gasteiger partial charge in [-0.05, 0) is 50.2 Å². The lowest BCUT2D eigenvalue weighted by molar-refractivity contribution is -0.148. The second-order valence-corrected chi connectivity index (χ2v) is 9.43. The first kappa shape index (κ1) is 23.5. The third-order valence-electron chi connectivity index (χ3n) is 4.25. The molecular formula is C21H20FN3O5S2. The number of esters is 1. The molecule has 3 rings (SSSR count). The lowest BCUT2D eigenvalue weighted by Crippen LogP contribution is -2.40. The van der Waals surface area contributed by atoms with E-state index in [1.807, 2.05) is 6.92 Å². The Morgan fingerprint density at radius 2 is 1.78 bits per heavy atom. The SMILES string of the molecule is Cc1ccc(S(=O)(=O)N[C@@H](C)C(=O)OCC(=O)Nc2nc(-c3ccc(F)cc3)cs2)cc1. The number of nitrogens with one attached hydrogen (secondary N) is 2. The number of halogens is 1. The number of thiazole rings is 1. The quantitative estimate of drug-likeness (QED) is 0.482. The molecule has 0 fully saturated rings. The zero-order valence-corrected chi connectivity index (χ0v) is 18.8. The molecule has 0 aliphatic rings. The van der Waals surface area contributed by atoms with Crippen molar-refractivity contribution < 1.29 is 27.1 Å². The van der Waals surface area contributed by atoms with Crippen LogP contribution < -0.4 is 10.0 Å². The molecule has 0 spiro atoms. The molecule has 0 aliphatic heterocycles. The van der Waals surface area contributed by atoms with Crippen LogP contribution in [0.25, 0.3) is 11.3 Å². The average molecular weight is 478 g/mol. The molecule has 1 heterocycles. The Labute approximate surface area is 188 Å². The van der Waals surface area contributed by atoms with Crippen molar-refractivity contribution in [2.24, 2.45) is 0 Å². The van der Waals surface area contributed by atoms with E-state index in [0.717, 1.165) is 16.9 Å². The average Bonchev–Trinajstić information content (AvgIpc) is 3.20. The fraction of sp³-hybridized carbons (Fsp3) is 0.190. The van der Waals surface area contributed by atoms with E-state index >= 15 is 0 Å². The molecule has 2 N–H and O–H groups in total. The van der Waals surface area contributed by atoms with E-state index in [1.165, 1.54) is 31.2 Å². The third-order valence-corrected chi connectivity index (χ3v) is 6.57. The highest BCUT2D eigenvalue weighted by Gasteiger charge is 2.23. The number of hydrogen-bond acceptors (Lipinski definition) is 7. The van der Waals surface area contributed by atoms with Crippen LogP contribution in [-0.4, -0.2) is 37.9 Å². The smallest absolute Gasteiger partial charge is 0.324 e. The van der Waals surface area contributed by atoms with Gasteiger partial charge < -0.3 is 4.74 Å². The first-order valence-electron chi connectivity index (χ1n) is 9.41. The Balaban J connectivity index is 1.50. The van der Waals surface area contributed by atoms with Crippen LogP contribution in [0, 0.1) is 12.7 Å². The first-order valence-corrected chi connectivity index (χ1v) is 11.8. The summed E-state index contributed by atoms with van der Waals surface area (Å²) in [4.78, 5) is 28.4. The monoisotopic (exact) mass is 477 g/mol. The van der Waals surface area contributed by atoms with Crippen molar-refractivity contribution in [1.82, 2.24) is 9.71 Å². The Morgan fingerprint density at radius 1 is 1.12 bits per heavy atom. The third kappa shape index (κ3) is 6.19. The number of hydrogen-bond donors (Lipinski definition) is 2. The standard InChI is InChI=1S/C21H20FN3O5S2/c1-13-3-9-17(10-4-13)32(28,29)25-14(2)20(27)30-11-19(26)24-21-23-18(12-31-21)15-5-7-16(22)8-6-15/h3-10,12,14,25H,11H2,1-2H3,(H,23,24,26)/t14-/m0/s1. The summed E-state index contributed by atoms with van der Waals surface area (Å²) in [5, 5.41) is 4.46. The van der Waals surface area contributed by atoms with Crippen molar-refractivity contribution in [3.63, 3.8) is 0 Å². The Kier molecular flexibility index (Phi) is 7.33. The zero-order valence-electron chi connectivity index (χ0n) is 17.2. The summed E-state index contributed by atoms with van der Waals surface area (Å²) in [6.45, 7) is 2.53. The number of ether oxygens (including phenoxy) is 1. The second kappa shape index (κ2) is 9.98. The number of rotatable bonds is 8. The molecule has 0 bridgehead atoms. The van der Waals surface area contributed by atoms with E-state index in [-0.39, 0.29) is 15.8 Å². The minimum Gasteiger partial charge on any atom is -0.454 e. The number of aryl methyl sites for hydroxylation is 1. The molecule has 0 saturated carbocycles. The van der Waals surface area contributed by atoms with Gasteiger partial charge in [0.05, 0.1) is 10.6 Å². The number of sulfonamides is 1. The minimum absolute atomic E-state index is 0.0150. The first-order chi connectivity index (χ1) is 15.1. The Bertz CT molecular complexity index is 1210. The summed E-state index contributed by atoms with van der Waals surface area (Å²) >= 11 is 1.15.